The molecule has 0 aromatic heterocycles. The van der Waals surface area contributed by atoms with Gasteiger partial charge in [-0.2, -0.15) is 4.90 Å². The van der Waals surface area contributed by atoms with Gasteiger partial charge in [-0.15, -0.1) is 0 Å². The van der Waals surface area contributed by atoms with Gasteiger partial charge in [0, 0.05) is 13.0 Å². The molecular weight excluding hydrogens is 486 g/mol. The summed E-state index contributed by atoms with van der Waals surface area (Å²) >= 11 is 6.32. The molecule has 36 heavy (non-hydrogen) atoms. The first-order valence-corrected chi connectivity index (χ1v) is 12.6. The number of aromatic hydroxyl groups is 1. The Morgan fingerprint density at radius 3 is 2.67 bits per heavy atom. The van der Waals surface area contributed by atoms with Gasteiger partial charge in [0.25, 0.3) is 0 Å². The van der Waals surface area contributed by atoms with E-state index in [1.165, 1.54) is 11.6 Å². The number of halogens is 1. The van der Waals surface area contributed by atoms with Crippen molar-refractivity contribution in [2.45, 2.75) is 45.1 Å². The molecule has 3 amide bonds. The molecule has 1 aliphatic carbocycles. The molecular formula is C27H32ClNO7. The highest BCUT2D eigenvalue weighted by Crippen LogP contribution is 2.50. The Bertz CT molecular complexity index is 1110. The molecule has 0 spiro atoms. The normalized spacial score (nSPS) is 25.9. The van der Waals surface area contributed by atoms with Gasteiger partial charge in [0.05, 0.1) is 43.3 Å². The zero-order valence-corrected chi connectivity index (χ0v) is 21.5. The zero-order chi connectivity index (χ0) is 26.0. The molecule has 0 saturated carbocycles. The van der Waals surface area contributed by atoms with Crippen molar-refractivity contribution in [1.29, 1.82) is 0 Å². The van der Waals surface area contributed by atoms with Crippen LogP contribution in [-0.2, 0) is 23.8 Å². The topological polar surface area (TPSA) is 102 Å². The van der Waals surface area contributed by atoms with Gasteiger partial charge < -0.3 is 19.3 Å². The van der Waals surface area contributed by atoms with E-state index in [-0.39, 0.29) is 17.8 Å². The number of carbonyl (C=O) groups is 3. The predicted molar refractivity (Wildman–Crippen MR) is 133 cm³/mol. The first-order valence-electron chi connectivity index (χ1n) is 12.3. The van der Waals surface area contributed by atoms with Crippen molar-refractivity contribution in [2.24, 2.45) is 17.8 Å². The number of imide groups is 3. The molecule has 2 fully saturated rings. The summed E-state index contributed by atoms with van der Waals surface area (Å²) in [6, 6.07) is 4.94. The maximum Gasteiger partial charge on any atom is 0.423 e. The molecule has 4 rings (SSSR count). The number of hydrogen-bond donors (Lipinski definition) is 1. The number of methoxy groups -OCH3 is 2. The van der Waals surface area contributed by atoms with E-state index in [2.05, 4.69) is 17.7 Å². The number of likely N-dealkylation sites (tertiary alicyclic amines) is 1. The van der Waals surface area contributed by atoms with Crippen LogP contribution in [0.15, 0.2) is 34.9 Å². The number of hydrogen-bond acceptors (Lipinski definition) is 7. The van der Waals surface area contributed by atoms with Gasteiger partial charge in [0.15, 0.2) is 0 Å². The monoisotopic (exact) mass is 517 g/mol. The van der Waals surface area contributed by atoms with Gasteiger partial charge in [-0.25, -0.2) is 4.79 Å². The Labute approximate surface area is 215 Å². The molecule has 1 aromatic carbocycles. The van der Waals surface area contributed by atoms with Gasteiger partial charge in [-0.1, -0.05) is 36.6 Å². The Balaban J connectivity index is 1.57. The lowest BCUT2D eigenvalue weighted by atomic mass is 9.69. The van der Waals surface area contributed by atoms with E-state index >= 15 is 0 Å². The Kier molecular flexibility index (Phi) is 8.17. The van der Waals surface area contributed by atoms with Gasteiger partial charge in [0.1, 0.15) is 5.75 Å². The van der Waals surface area contributed by atoms with Crippen LogP contribution in [0.2, 0.25) is 5.02 Å². The summed E-state index contributed by atoms with van der Waals surface area (Å²) < 4.78 is 16.3. The molecule has 0 unspecified atom stereocenters. The van der Waals surface area contributed by atoms with Crippen molar-refractivity contribution in [3.05, 3.63) is 45.5 Å². The van der Waals surface area contributed by atoms with Crippen LogP contribution in [0.1, 0.15) is 44.6 Å². The standard InChI is InChI=1S/C27H32ClNO7/c1-4-5-15(10-16-7-8-18(30)12-21(16)28)6-9-22-23-17(13-34-2)11-19-24(20(23)14-36-22)26(32)29(25(19)31)27(33)35-3/h7-8,10,12,19-20,22,24,30H,4-6,9,11,13-14H2,1-3H3/b15-10+/t19-,20+,22-,24-/m1/s1. The molecule has 1 N–H and O–H groups in total. The largest absolute Gasteiger partial charge is 0.508 e. The minimum atomic E-state index is -0.938. The third kappa shape index (κ3) is 4.94. The fourth-order valence-electron chi connectivity index (χ4n) is 5.81. The van der Waals surface area contributed by atoms with Crippen molar-refractivity contribution in [3.63, 3.8) is 0 Å². The van der Waals surface area contributed by atoms with Crippen LogP contribution in [0.25, 0.3) is 6.08 Å². The first kappa shape index (κ1) is 26.4. The maximum absolute atomic E-state index is 13.1. The lowest BCUT2D eigenvalue weighted by Gasteiger charge is -2.31. The van der Waals surface area contributed by atoms with E-state index in [0.717, 1.165) is 43.1 Å². The Hall–Kier alpha value is -2.68. The first-order chi connectivity index (χ1) is 17.3. The summed E-state index contributed by atoms with van der Waals surface area (Å²) in [6.07, 6.45) is 4.62. The highest BCUT2D eigenvalue weighted by molar-refractivity contribution is 6.32. The van der Waals surface area contributed by atoms with Crippen LogP contribution >= 0.6 is 11.6 Å². The second kappa shape index (κ2) is 11.2. The van der Waals surface area contributed by atoms with Crippen molar-refractivity contribution < 1.29 is 33.7 Å². The maximum atomic E-state index is 13.1. The second-order valence-corrected chi connectivity index (χ2v) is 9.94. The number of phenolic OH excluding ortho intramolecular Hbond substituents is 1. The Morgan fingerprint density at radius 1 is 1.22 bits per heavy atom. The van der Waals surface area contributed by atoms with Gasteiger partial charge >= 0.3 is 6.09 Å². The van der Waals surface area contributed by atoms with E-state index < -0.39 is 29.7 Å². The molecule has 1 aromatic rings. The third-order valence-electron chi connectivity index (χ3n) is 7.33. The van der Waals surface area contributed by atoms with Crippen molar-refractivity contribution in [3.8, 4) is 5.75 Å². The molecule has 194 valence electrons. The summed E-state index contributed by atoms with van der Waals surface area (Å²) in [7, 11) is 2.76. The molecule has 0 radical (unpaired) electrons. The second-order valence-electron chi connectivity index (χ2n) is 9.54. The lowest BCUT2D eigenvalue weighted by Crippen LogP contribution is -2.38. The van der Waals surface area contributed by atoms with Crippen molar-refractivity contribution >= 4 is 35.6 Å². The van der Waals surface area contributed by atoms with Gasteiger partial charge in [-0.05, 0) is 60.6 Å². The lowest BCUT2D eigenvalue weighted by molar-refractivity contribution is -0.137. The quantitative estimate of drug-likeness (QED) is 0.392. The number of benzene rings is 1. The molecule has 2 saturated heterocycles. The van der Waals surface area contributed by atoms with Crippen LogP contribution in [0.4, 0.5) is 4.79 Å². The molecule has 8 nitrogen and oxygen atoms in total. The fourth-order valence-corrected chi connectivity index (χ4v) is 6.04. The van der Waals surface area contributed by atoms with E-state index in [0.29, 0.717) is 36.0 Å². The summed E-state index contributed by atoms with van der Waals surface area (Å²) in [5.41, 5.74) is 4.07. The highest BCUT2D eigenvalue weighted by Gasteiger charge is 2.58. The smallest absolute Gasteiger partial charge is 0.423 e. The van der Waals surface area contributed by atoms with Gasteiger partial charge in [-0.3, -0.25) is 9.59 Å². The number of amides is 3. The number of rotatable bonds is 8. The molecule has 2 aliphatic heterocycles. The summed E-state index contributed by atoms with van der Waals surface area (Å²) in [4.78, 5) is 38.9. The molecule has 9 heteroatoms. The molecule has 4 atom stereocenters. The predicted octanol–water partition coefficient (Wildman–Crippen LogP) is 4.74. The average Bonchev–Trinajstić information content (AvgIpc) is 3.38. The van der Waals surface area contributed by atoms with Crippen LogP contribution in [0, 0.1) is 17.8 Å². The van der Waals surface area contributed by atoms with Crippen LogP contribution in [0.5, 0.6) is 5.75 Å². The SMILES string of the molecule is CCC/C(=C\c1ccc(O)cc1Cl)CC[C@H]1OC[C@H]2C1=C(COC)C[C@H]1C(=O)N(C(=O)OC)C(=O)[C@H]12. The fraction of sp³-hybridized carbons (Fsp3) is 0.519. The van der Waals surface area contributed by atoms with E-state index in [1.807, 2.05) is 0 Å². The molecule has 3 aliphatic rings. The van der Waals surface area contributed by atoms with Crippen LogP contribution in [0.3, 0.4) is 0 Å². The average molecular weight is 518 g/mol. The van der Waals surface area contributed by atoms with Crippen molar-refractivity contribution in [2.75, 3.05) is 27.4 Å². The van der Waals surface area contributed by atoms with Gasteiger partial charge in [0.2, 0.25) is 11.8 Å². The highest BCUT2D eigenvalue weighted by atomic mass is 35.5. The Morgan fingerprint density at radius 2 is 2.00 bits per heavy atom. The minimum Gasteiger partial charge on any atom is -0.508 e. The van der Waals surface area contributed by atoms with Crippen LogP contribution < -0.4 is 0 Å². The third-order valence-corrected chi connectivity index (χ3v) is 7.65. The number of allylic oxidation sites excluding steroid dienone is 1. The minimum absolute atomic E-state index is 0.124. The number of ether oxygens (including phenoxy) is 3. The molecule has 0 bridgehead atoms. The van der Waals surface area contributed by atoms with Crippen LogP contribution in [-0.4, -0.2) is 61.5 Å². The number of nitrogens with zero attached hydrogens (tertiary/aromatic N) is 1. The number of fused-ring (bicyclic) bond motifs is 3. The molecule has 2 heterocycles. The van der Waals surface area contributed by atoms with Crippen molar-refractivity contribution in [1.82, 2.24) is 4.90 Å². The zero-order valence-electron chi connectivity index (χ0n) is 20.8. The summed E-state index contributed by atoms with van der Waals surface area (Å²) in [6.45, 7) is 2.78. The van der Waals surface area contributed by atoms with E-state index in [4.69, 9.17) is 21.1 Å². The van der Waals surface area contributed by atoms with E-state index in [9.17, 15) is 19.5 Å². The van der Waals surface area contributed by atoms with E-state index in [1.54, 1.807) is 19.2 Å². The number of carbonyl (C=O) groups excluding carboxylic acids is 3. The summed E-state index contributed by atoms with van der Waals surface area (Å²) in [5, 5.41) is 10.1. The number of phenols is 1. The summed E-state index contributed by atoms with van der Waals surface area (Å²) in [5.74, 6) is -2.39.